The Morgan fingerprint density at radius 1 is 1.31 bits per heavy atom. The number of carbonyl (C=O) groups is 1. The molecule has 2 aromatic rings. The van der Waals surface area contributed by atoms with Crippen molar-refractivity contribution in [3.8, 4) is 10.6 Å². The van der Waals surface area contributed by atoms with Gasteiger partial charge in [0.05, 0.1) is 0 Å². The first-order chi connectivity index (χ1) is 13.6. The zero-order valence-electron chi connectivity index (χ0n) is 18.5. The molecule has 158 valence electrons. The first-order valence-corrected chi connectivity index (χ1v) is 11.1. The van der Waals surface area contributed by atoms with Crippen LogP contribution in [0.3, 0.4) is 0 Å². The number of hydrogen-bond acceptors (Lipinski definition) is 5. The van der Waals surface area contributed by atoms with Crippen molar-refractivity contribution < 1.29 is 9.53 Å². The molecule has 0 atom stereocenters. The van der Waals surface area contributed by atoms with Crippen LogP contribution in [0.15, 0.2) is 29.8 Å². The number of hydrogen-bond donors (Lipinski definition) is 0. The van der Waals surface area contributed by atoms with Crippen molar-refractivity contribution in [3.05, 3.63) is 40.9 Å². The molecule has 1 amide bonds. The predicted octanol–water partition coefficient (Wildman–Crippen LogP) is 5.34. The van der Waals surface area contributed by atoms with Crippen molar-refractivity contribution in [1.29, 1.82) is 0 Å². The molecule has 0 spiro atoms. The van der Waals surface area contributed by atoms with Gasteiger partial charge in [0, 0.05) is 42.3 Å². The summed E-state index contributed by atoms with van der Waals surface area (Å²) in [5.41, 5.74) is 3.36. The van der Waals surface area contributed by atoms with E-state index in [-0.39, 0.29) is 11.6 Å². The van der Waals surface area contributed by atoms with Crippen LogP contribution >= 0.6 is 11.3 Å². The Morgan fingerprint density at radius 2 is 2.00 bits per heavy atom. The minimum atomic E-state index is -0.452. The Balaban J connectivity index is 1.68. The van der Waals surface area contributed by atoms with E-state index in [2.05, 4.69) is 49.0 Å². The molecule has 1 aromatic heterocycles. The number of aromatic nitrogens is 1. The van der Waals surface area contributed by atoms with Crippen LogP contribution in [0.4, 0.5) is 4.79 Å². The number of nitrogens with zero attached hydrogens (tertiary/aromatic N) is 3. The van der Waals surface area contributed by atoms with E-state index in [1.165, 1.54) is 16.7 Å². The molecule has 5 nitrogen and oxygen atoms in total. The highest BCUT2D eigenvalue weighted by atomic mass is 32.1. The standard InChI is InChI=1S/C23H33N3O2S/c1-17-7-8-18(19(15-17)20-24-11-14-29-20)16-25(6)23(5)9-12-26(13-10-23)21(27)28-22(2,3)4/h7-8,11,14-15H,9-10,12-13,16H2,1-6H3. The Morgan fingerprint density at radius 3 is 2.59 bits per heavy atom. The SMILES string of the molecule is Cc1ccc(CN(C)C2(C)CCN(C(=O)OC(C)(C)C)CC2)c(-c2nccs2)c1. The number of thiazole rings is 1. The largest absolute Gasteiger partial charge is 0.444 e. The van der Waals surface area contributed by atoms with E-state index in [0.29, 0.717) is 0 Å². The second kappa shape index (κ2) is 8.44. The molecule has 0 bridgehead atoms. The van der Waals surface area contributed by atoms with Crippen molar-refractivity contribution in [2.75, 3.05) is 20.1 Å². The Kier molecular flexibility index (Phi) is 6.34. The fraction of sp³-hybridized carbons (Fsp3) is 0.565. The molecule has 6 heteroatoms. The number of aryl methyl sites for hydroxylation is 1. The lowest BCUT2D eigenvalue weighted by Gasteiger charge is -2.45. The van der Waals surface area contributed by atoms with Gasteiger partial charge in [-0.2, -0.15) is 0 Å². The maximum absolute atomic E-state index is 12.4. The zero-order chi connectivity index (χ0) is 21.2. The van der Waals surface area contributed by atoms with Crippen molar-refractivity contribution in [1.82, 2.24) is 14.8 Å². The fourth-order valence-corrected chi connectivity index (χ4v) is 4.40. The van der Waals surface area contributed by atoms with Crippen LogP contribution in [0.25, 0.3) is 10.6 Å². The summed E-state index contributed by atoms with van der Waals surface area (Å²) in [5, 5.41) is 3.10. The highest BCUT2D eigenvalue weighted by molar-refractivity contribution is 7.13. The van der Waals surface area contributed by atoms with E-state index in [4.69, 9.17) is 4.74 Å². The summed E-state index contributed by atoms with van der Waals surface area (Å²) in [4.78, 5) is 21.2. The summed E-state index contributed by atoms with van der Waals surface area (Å²) in [5.74, 6) is 0. The van der Waals surface area contributed by atoms with Gasteiger partial charge in [0.25, 0.3) is 0 Å². The Hall–Kier alpha value is -1.92. The first-order valence-electron chi connectivity index (χ1n) is 10.3. The Labute approximate surface area is 178 Å². The maximum Gasteiger partial charge on any atom is 0.410 e. The molecule has 0 unspecified atom stereocenters. The van der Waals surface area contributed by atoms with Gasteiger partial charge in [-0.15, -0.1) is 11.3 Å². The van der Waals surface area contributed by atoms with Gasteiger partial charge in [0.15, 0.2) is 0 Å². The molecule has 1 saturated heterocycles. The van der Waals surface area contributed by atoms with Gasteiger partial charge in [0.1, 0.15) is 10.6 Å². The van der Waals surface area contributed by atoms with Crippen LogP contribution in [0, 0.1) is 6.92 Å². The summed E-state index contributed by atoms with van der Waals surface area (Å²) in [7, 11) is 2.19. The number of piperidine rings is 1. The van der Waals surface area contributed by atoms with Gasteiger partial charge in [-0.1, -0.05) is 17.7 Å². The summed E-state index contributed by atoms with van der Waals surface area (Å²) >= 11 is 1.68. The lowest BCUT2D eigenvalue weighted by molar-refractivity contribution is 0.00175. The number of benzene rings is 1. The molecule has 1 aliphatic heterocycles. The van der Waals surface area contributed by atoms with Gasteiger partial charge in [-0.05, 0) is 66.1 Å². The molecule has 1 aromatic carbocycles. The first kappa shape index (κ1) is 21.8. The normalized spacial score (nSPS) is 16.9. The maximum atomic E-state index is 12.4. The van der Waals surface area contributed by atoms with Gasteiger partial charge in [0.2, 0.25) is 0 Å². The number of carbonyl (C=O) groups excluding carboxylic acids is 1. The summed E-state index contributed by atoms with van der Waals surface area (Å²) in [6, 6.07) is 6.63. The molecule has 0 N–H and O–H groups in total. The third-order valence-corrected chi connectivity index (χ3v) is 6.56. The van der Waals surface area contributed by atoms with Crippen LogP contribution < -0.4 is 0 Å². The lowest BCUT2D eigenvalue weighted by Crippen LogP contribution is -2.53. The van der Waals surface area contributed by atoms with Crippen molar-refractivity contribution in [2.24, 2.45) is 0 Å². The van der Waals surface area contributed by atoms with Gasteiger partial charge < -0.3 is 9.64 Å². The average molecular weight is 416 g/mol. The molecular weight excluding hydrogens is 382 g/mol. The molecule has 0 saturated carbocycles. The summed E-state index contributed by atoms with van der Waals surface area (Å²) in [6.45, 7) is 12.5. The second-order valence-electron chi connectivity index (χ2n) is 9.32. The van der Waals surface area contributed by atoms with Gasteiger partial charge in [-0.25, -0.2) is 9.78 Å². The molecule has 2 heterocycles. The average Bonchev–Trinajstić information content (AvgIpc) is 3.16. The smallest absolute Gasteiger partial charge is 0.410 e. The second-order valence-corrected chi connectivity index (χ2v) is 10.2. The fourth-order valence-electron chi connectivity index (χ4n) is 3.71. The van der Waals surface area contributed by atoms with E-state index in [1.807, 2.05) is 37.2 Å². The van der Waals surface area contributed by atoms with E-state index >= 15 is 0 Å². The minimum Gasteiger partial charge on any atom is -0.444 e. The topological polar surface area (TPSA) is 45.7 Å². The van der Waals surface area contributed by atoms with Crippen LogP contribution in [0.5, 0.6) is 0 Å². The lowest BCUT2D eigenvalue weighted by atomic mass is 9.87. The molecule has 3 rings (SSSR count). The van der Waals surface area contributed by atoms with E-state index in [0.717, 1.165) is 37.5 Å². The summed E-state index contributed by atoms with van der Waals surface area (Å²) < 4.78 is 5.54. The zero-order valence-corrected chi connectivity index (χ0v) is 19.3. The van der Waals surface area contributed by atoms with Crippen LogP contribution in [0.2, 0.25) is 0 Å². The third kappa shape index (κ3) is 5.37. The molecule has 0 radical (unpaired) electrons. The van der Waals surface area contributed by atoms with Crippen LogP contribution in [0.1, 0.15) is 51.7 Å². The Bertz CT molecular complexity index is 834. The van der Waals surface area contributed by atoms with Crippen LogP contribution in [-0.2, 0) is 11.3 Å². The number of amides is 1. The quantitative estimate of drug-likeness (QED) is 0.676. The van der Waals surface area contributed by atoms with Crippen molar-refractivity contribution >= 4 is 17.4 Å². The molecule has 29 heavy (non-hydrogen) atoms. The number of likely N-dealkylation sites (tertiary alicyclic amines) is 1. The van der Waals surface area contributed by atoms with Crippen molar-refractivity contribution in [2.45, 2.75) is 65.1 Å². The molecule has 0 aliphatic carbocycles. The number of ether oxygens (including phenoxy) is 1. The molecule has 1 fully saturated rings. The van der Waals surface area contributed by atoms with Gasteiger partial charge in [-0.3, -0.25) is 4.90 Å². The summed E-state index contributed by atoms with van der Waals surface area (Å²) in [6.07, 6.45) is 3.53. The van der Waals surface area contributed by atoms with E-state index in [9.17, 15) is 4.79 Å². The minimum absolute atomic E-state index is 0.0452. The number of rotatable bonds is 4. The van der Waals surface area contributed by atoms with E-state index < -0.39 is 5.60 Å². The monoisotopic (exact) mass is 415 g/mol. The van der Waals surface area contributed by atoms with E-state index in [1.54, 1.807) is 11.3 Å². The van der Waals surface area contributed by atoms with Crippen molar-refractivity contribution in [3.63, 3.8) is 0 Å². The van der Waals surface area contributed by atoms with Gasteiger partial charge >= 0.3 is 6.09 Å². The third-order valence-electron chi connectivity index (χ3n) is 5.75. The molecule has 1 aliphatic rings. The van der Waals surface area contributed by atoms with Crippen LogP contribution in [-0.4, -0.2) is 52.2 Å². The predicted molar refractivity (Wildman–Crippen MR) is 119 cm³/mol. The molecular formula is C23H33N3O2S. The highest BCUT2D eigenvalue weighted by Gasteiger charge is 2.36. The highest BCUT2D eigenvalue weighted by Crippen LogP contribution is 2.33.